The molecule has 0 aliphatic rings. The van der Waals surface area contributed by atoms with Crippen LogP contribution < -0.4 is 4.90 Å². The minimum Gasteiger partial charge on any atom is -0.310 e. The van der Waals surface area contributed by atoms with Crippen LogP contribution in [0, 0.1) is 0 Å². The minimum atomic E-state index is 1.10. The summed E-state index contributed by atoms with van der Waals surface area (Å²) < 4.78 is 0. The van der Waals surface area contributed by atoms with Crippen LogP contribution in [0.25, 0.3) is 98.0 Å². The first-order valence-corrected chi connectivity index (χ1v) is 21.1. The van der Waals surface area contributed by atoms with Gasteiger partial charge in [0.25, 0.3) is 0 Å². The van der Waals surface area contributed by atoms with E-state index < -0.39 is 0 Å². The van der Waals surface area contributed by atoms with Gasteiger partial charge in [0.2, 0.25) is 0 Å². The van der Waals surface area contributed by atoms with E-state index in [1.165, 1.54) is 98.0 Å². The number of fused-ring (bicyclic) bond motifs is 9. The van der Waals surface area contributed by atoms with Crippen LogP contribution in [-0.2, 0) is 0 Å². The number of hydrogen-bond donors (Lipinski definition) is 0. The molecule has 0 amide bonds. The molecule has 0 heterocycles. The van der Waals surface area contributed by atoms with Gasteiger partial charge in [-0.2, -0.15) is 0 Å². The molecule has 0 spiro atoms. The summed E-state index contributed by atoms with van der Waals surface area (Å²) in [5.74, 6) is 0. The maximum Gasteiger partial charge on any atom is 0.0467 e. The first-order valence-electron chi connectivity index (χ1n) is 21.1. The van der Waals surface area contributed by atoms with Crippen LogP contribution in [0.5, 0.6) is 0 Å². The summed E-state index contributed by atoms with van der Waals surface area (Å²) in [5.41, 5.74) is 10.6. The third-order valence-corrected chi connectivity index (χ3v) is 12.6. The Hall–Kier alpha value is -8.00. The van der Waals surface area contributed by atoms with E-state index in [1.807, 2.05) is 0 Å². The highest BCUT2D eigenvalue weighted by Crippen LogP contribution is 2.42. The van der Waals surface area contributed by atoms with E-state index in [9.17, 15) is 0 Å². The van der Waals surface area contributed by atoms with Crippen molar-refractivity contribution in [2.45, 2.75) is 0 Å². The van der Waals surface area contributed by atoms with Crippen molar-refractivity contribution in [3.8, 4) is 33.4 Å². The number of rotatable bonds is 6. The predicted molar refractivity (Wildman–Crippen MR) is 262 cm³/mol. The van der Waals surface area contributed by atoms with Gasteiger partial charge in [-0.3, -0.25) is 0 Å². The largest absolute Gasteiger partial charge is 0.310 e. The molecule has 61 heavy (non-hydrogen) atoms. The van der Waals surface area contributed by atoms with Gasteiger partial charge in [0, 0.05) is 17.1 Å². The van der Waals surface area contributed by atoms with Crippen LogP contribution in [0.1, 0.15) is 0 Å². The van der Waals surface area contributed by atoms with E-state index in [4.69, 9.17) is 0 Å². The van der Waals surface area contributed by atoms with Gasteiger partial charge in [-0.05, 0) is 147 Å². The van der Waals surface area contributed by atoms with Gasteiger partial charge in [0.1, 0.15) is 0 Å². The van der Waals surface area contributed by atoms with Crippen molar-refractivity contribution >= 4 is 81.7 Å². The van der Waals surface area contributed by atoms with Crippen molar-refractivity contribution in [2.24, 2.45) is 0 Å². The quantitative estimate of drug-likeness (QED) is 0.152. The zero-order valence-electron chi connectivity index (χ0n) is 33.5. The first-order chi connectivity index (χ1) is 30.2. The molecule has 284 valence electrons. The number of anilines is 3. The standard InChI is InChI=1S/C60H39N/c1-4-18-49-40(13-1)31-36-58-52(25-12-26-55(49)58)43-16-11-17-48(37-43)61(46-32-27-41(28-33-46)59-38-44-14-2-5-19-50(44)53-21-7-9-23-56(53)59)47-34-29-42(30-35-47)60-39-45-15-3-6-20-51(45)54-22-8-10-24-57(54)60/h1-39H. The summed E-state index contributed by atoms with van der Waals surface area (Å²) in [6.45, 7) is 0. The van der Waals surface area contributed by atoms with Crippen molar-refractivity contribution in [3.05, 3.63) is 237 Å². The Morgan fingerprint density at radius 3 is 1.15 bits per heavy atom. The van der Waals surface area contributed by atoms with E-state index in [-0.39, 0.29) is 0 Å². The van der Waals surface area contributed by atoms with Crippen molar-refractivity contribution in [1.29, 1.82) is 0 Å². The summed E-state index contributed by atoms with van der Waals surface area (Å²) in [7, 11) is 0. The van der Waals surface area contributed by atoms with E-state index in [0.717, 1.165) is 17.1 Å². The highest BCUT2D eigenvalue weighted by molar-refractivity contribution is 6.15. The third kappa shape index (κ3) is 5.93. The van der Waals surface area contributed by atoms with E-state index >= 15 is 0 Å². The highest BCUT2D eigenvalue weighted by atomic mass is 15.1. The number of hydrogen-bond acceptors (Lipinski definition) is 1. The monoisotopic (exact) mass is 773 g/mol. The van der Waals surface area contributed by atoms with Crippen LogP contribution in [0.15, 0.2) is 237 Å². The van der Waals surface area contributed by atoms with Crippen molar-refractivity contribution in [3.63, 3.8) is 0 Å². The predicted octanol–water partition coefficient (Wildman–Crippen LogP) is 17.1. The molecule has 0 aliphatic heterocycles. The zero-order chi connectivity index (χ0) is 40.3. The molecule has 0 bridgehead atoms. The van der Waals surface area contributed by atoms with Crippen molar-refractivity contribution < 1.29 is 0 Å². The maximum atomic E-state index is 2.40. The first kappa shape index (κ1) is 35.0. The van der Waals surface area contributed by atoms with Gasteiger partial charge in [0.15, 0.2) is 0 Å². The second-order valence-electron chi connectivity index (χ2n) is 16.0. The molecule has 0 atom stereocenters. The fourth-order valence-corrected chi connectivity index (χ4v) is 9.72. The maximum absolute atomic E-state index is 2.40. The fraction of sp³-hybridized carbons (Fsp3) is 0. The zero-order valence-corrected chi connectivity index (χ0v) is 33.5. The molecule has 0 saturated carbocycles. The molecule has 12 aromatic carbocycles. The van der Waals surface area contributed by atoms with Gasteiger partial charge in [0.05, 0.1) is 0 Å². The van der Waals surface area contributed by atoms with Gasteiger partial charge >= 0.3 is 0 Å². The molecule has 12 aromatic rings. The van der Waals surface area contributed by atoms with Gasteiger partial charge in [-0.25, -0.2) is 0 Å². The van der Waals surface area contributed by atoms with E-state index in [2.05, 4.69) is 241 Å². The lowest BCUT2D eigenvalue weighted by Crippen LogP contribution is -2.10. The van der Waals surface area contributed by atoms with Gasteiger partial charge in [-0.1, -0.05) is 188 Å². The Labute approximate surface area is 355 Å². The molecule has 0 N–H and O–H groups in total. The molecule has 1 heteroatoms. The number of benzene rings is 12. The van der Waals surface area contributed by atoms with Gasteiger partial charge < -0.3 is 4.90 Å². The highest BCUT2D eigenvalue weighted by Gasteiger charge is 2.17. The summed E-state index contributed by atoms with van der Waals surface area (Å²) >= 11 is 0. The SMILES string of the molecule is c1cc(-c2cccc3c2ccc2ccccc23)cc(N(c2ccc(-c3cc4ccccc4c4ccccc34)cc2)c2ccc(-c3cc4ccccc4c4ccccc34)cc2)c1. The Morgan fingerprint density at radius 2 is 0.607 bits per heavy atom. The molecule has 0 aromatic heterocycles. The van der Waals surface area contributed by atoms with Crippen LogP contribution in [0.3, 0.4) is 0 Å². The molecule has 0 unspecified atom stereocenters. The molecule has 12 rings (SSSR count). The molecule has 0 aliphatic carbocycles. The summed E-state index contributed by atoms with van der Waals surface area (Å²) in [6.07, 6.45) is 0. The molecular formula is C60H39N. The fourth-order valence-electron chi connectivity index (χ4n) is 9.72. The van der Waals surface area contributed by atoms with E-state index in [1.54, 1.807) is 0 Å². The molecule has 0 saturated heterocycles. The summed E-state index contributed by atoms with van der Waals surface area (Å²) in [5, 5.41) is 15.2. The van der Waals surface area contributed by atoms with Crippen LogP contribution in [0.4, 0.5) is 17.1 Å². The Morgan fingerprint density at radius 1 is 0.197 bits per heavy atom. The average molecular weight is 774 g/mol. The second kappa shape index (κ2) is 14.4. The molecule has 0 radical (unpaired) electrons. The van der Waals surface area contributed by atoms with E-state index in [0.29, 0.717) is 0 Å². The number of nitrogens with zero attached hydrogens (tertiary/aromatic N) is 1. The molecule has 1 nitrogen and oxygen atoms in total. The second-order valence-corrected chi connectivity index (χ2v) is 16.0. The molecule has 0 fully saturated rings. The lowest BCUT2D eigenvalue weighted by atomic mass is 9.93. The van der Waals surface area contributed by atoms with Crippen molar-refractivity contribution in [2.75, 3.05) is 4.90 Å². The Bertz CT molecular complexity index is 3470. The molecular weight excluding hydrogens is 735 g/mol. The van der Waals surface area contributed by atoms with Crippen LogP contribution in [-0.4, -0.2) is 0 Å². The van der Waals surface area contributed by atoms with Gasteiger partial charge in [-0.15, -0.1) is 0 Å². The average Bonchev–Trinajstić information content (AvgIpc) is 3.34. The lowest BCUT2D eigenvalue weighted by Gasteiger charge is -2.27. The van der Waals surface area contributed by atoms with Crippen LogP contribution >= 0.6 is 0 Å². The Kier molecular flexibility index (Phi) is 8.25. The smallest absolute Gasteiger partial charge is 0.0467 e. The summed E-state index contributed by atoms with van der Waals surface area (Å²) in [6, 6.07) is 86.8. The third-order valence-electron chi connectivity index (χ3n) is 12.6. The summed E-state index contributed by atoms with van der Waals surface area (Å²) in [4.78, 5) is 2.40. The lowest BCUT2D eigenvalue weighted by molar-refractivity contribution is 1.28. The Balaban J connectivity index is 1.00. The van der Waals surface area contributed by atoms with Crippen molar-refractivity contribution in [1.82, 2.24) is 0 Å². The minimum absolute atomic E-state index is 1.10. The normalized spacial score (nSPS) is 11.6. The topological polar surface area (TPSA) is 3.24 Å². The van der Waals surface area contributed by atoms with Crippen LogP contribution in [0.2, 0.25) is 0 Å².